The number of benzene rings is 14. The molecule has 0 aliphatic rings. The van der Waals surface area contributed by atoms with Crippen molar-refractivity contribution in [2.45, 2.75) is 0 Å². The fraction of sp³-hybridized carbons (Fsp3) is 0. The van der Waals surface area contributed by atoms with Gasteiger partial charge < -0.3 is 27.1 Å². The number of furan rings is 2. The van der Waals surface area contributed by atoms with Gasteiger partial charge in [-0.25, -0.2) is 0 Å². The first-order valence-corrected chi connectivity index (χ1v) is 31.5. The van der Waals surface area contributed by atoms with Crippen LogP contribution in [0.4, 0.5) is 0 Å². The van der Waals surface area contributed by atoms with Gasteiger partial charge in [-0.3, -0.25) is 0 Å². The van der Waals surface area contributed by atoms with Crippen molar-refractivity contribution in [1.29, 1.82) is 10.5 Å². The largest absolute Gasteiger partial charge is 0.456 e. The fourth-order valence-corrected chi connectivity index (χ4v) is 15.2. The summed E-state index contributed by atoms with van der Waals surface area (Å²) in [6.07, 6.45) is 0. The van der Waals surface area contributed by atoms with Crippen LogP contribution in [0.3, 0.4) is 0 Å². The second-order valence-electron chi connectivity index (χ2n) is 24.0. The number of para-hydroxylation sites is 10. The number of nitriles is 2. The molecule has 0 atom stereocenters. The average molecular weight is 1200 g/mol. The second kappa shape index (κ2) is 20.7. The van der Waals surface area contributed by atoms with E-state index in [4.69, 9.17) is 8.83 Å². The van der Waals surface area contributed by atoms with E-state index in [0.717, 1.165) is 155 Å². The van der Waals surface area contributed by atoms with Gasteiger partial charge in [0.05, 0.1) is 72.0 Å². The Balaban J connectivity index is 0.000000133. The van der Waals surface area contributed by atoms with E-state index in [9.17, 15) is 10.5 Å². The van der Waals surface area contributed by atoms with E-state index >= 15 is 0 Å². The Labute approximate surface area is 537 Å². The predicted molar refractivity (Wildman–Crippen MR) is 385 cm³/mol. The van der Waals surface area contributed by atoms with Gasteiger partial charge in [-0.2, -0.15) is 10.5 Å². The molecular weight excluding hydrogens is 1150 g/mol. The standard InChI is InChI=1S/2C43H25N3O/c44-26-28-12-10-18-30(27-11-9-13-29(25-27)45-36-19-5-1-14-31(36)32-15-2-6-20-37(32)45)42(28)46-38-21-7-3-17-35(38)41-39(46)24-23-34-33-16-4-8-22-40(33)47-43(34)41;44-26-28-12-10-18-30(27-11-9-13-29(25-27)45-35-19-5-1-14-31(35)32-15-2-6-20-36(32)45)43(28)46-37-21-7-3-16-33(37)41-38(46)23-24-40-42(41)34-17-4-8-22-39(34)47-40/h2*1-25H. The summed E-state index contributed by atoms with van der Waals surface area (Å²) in [5, 5.41) is 34.8. The molecule has 0 saturated heterocycles. The summed E-state index contributed by atoms with van der Waals surface area (Å²) in [6, 6.07) is 111. The molecule has 20 aromatic rings. The van der Waals surface area contributed by atoms with E-state index in [0.29, 0.717) is 11.1 Å². The van der Waals surface area contributed by atoms with Crippen molar-refractivity contribution >= 4 is 131 Å². The molecule has 14 aromatic carbocycles. The third kappa shape index (κ3) is 7.72. The molecule has 20 rings (SSSR count). The van der Waals surface area contributed by atoms with E-state index < -0.39 is 0 Å². The lowest BCUT2D eigenvalue weighted by Crippen LogP contribution is -2.01. The lowest BCUT2D eigenvalue weighted by Gasteiger charge is -2.17. The molecule has 0 bridgehead atoms. The summed E-state index contributed by atoms with van der Waals surface area (Å²) < 4.78 is 22.0. The van der Waals surface area contributed by atoms with E-state index in [1.54, 1.807) is 0 Å². The first-order valence-electron chi connectivity index (χ1n) is 31.5. The maximum atomic E-state index is 10.6. The molecule has 6 heterocycles. The van der Waals surface area contributed by atoms with Crippen molar-refractivity contribution in [3.63, 3.8) is 0 Å². The summed E-state index contributed by atoms with van der Waals surface area (Å²) in [5.74, 6) is 0. The quantitative estimate of drug-likeness (QED) is 0.166. The zero-order valence-corrected chi connectivity index (χ0v) is 50.4. The smallest absolute Gasteiger partial charge is 0.145 e. The van der Waals surface area contributed by atoms with Gasteiger partial charge in [-0.05, 0) is 120 Å². The number of fused-ring (bicyclic) bond motifs is 20. The van der Waals surface area contributed by atoms with E-state index in [2.05, 4.69) is 279 Å². The third-order valence-electron chi connectivity index (χ3n) is 19.1. The van der Waals surface area contributed by atoms with Gasteiger partial charge in [0.2, 0.25) is 0 Å². The van der Waals surface area contributed by atoms with Crippen LogP contribution >= 0.6 is 0 Å². The highest BCUT2D eigenvalue weighted by molar-refractivity contribution is 6.28. The van der Waals surface area contributed by atoms with Crippen molar-refractivity contribution in [3.8, 4) is 57.1 Å². The monoisotopic (exact) mass is 1200 g/mol. The molecular formula is C86H50N6O2. The molecule has 0 unspecified atom stereocenters. The minimum Gasteiger partial charge on any atom is -0.456 e. The number of rotatable bonds is 6. The maximum absolute atomic E-state index is 10.6. The van der Waals surface area contributed by atoms with Crippen LogP contribution in [-0.4, -0.2) is 18.3 Å². The molecule has 0 fully saturated rings. The van der Waals surface area contributed by atoms with E-state index in [1.807, 2.05) is 54.6 Å². The molecule has 0 saturated carbocycles. The normalized spacial score (nSPS) is 11.8. The Hall–Kier alpha value is -13.1. The SMILES string of the molecule is N#Cc1cccc(-c2cccc(-n3c4ccccc4c4ccccc43)c2)c1-n1c2ccccc2c2c3c(ccc21)oc1ccccc13.N#Cc1cccc(-c2cccc(-n3c4ccccc4c4ccccc43)c2)c1-n1c2ccccc2c2c3oc4ccccc4c3ccc21. The minimum absolute atomic E-state index is 0.608. The van der Waals surface area contributed by atoms with Gasteiger partial charge in [0.15, 0.2) is 0 Å². The molecule has 8 heteroatoms. The Bertz CT molecular complexity index is 6550. The van der Waals surface area contributed by atoms with Gasteiger partial charge in [-0.1, -0.05) is 194 Å². The minimum atomic E-state index is 0.608. The molecule has 0 spiro atoms. The molecule has 0 aliphatic heterocycles. The highest BCUT2D eigenvalue weighted by Gasteiger charge is 2.26. The maximum Gasteiger partial charge on any atom is 0.145 e. The Morgan fingerprint density at radius 3 is 1.12 bits per heavy atom. The number of nitrogens with zero attached hydrogens (tertiary/aromatic N) is 6. The molecule has 436 valence electrons. The van der Waals surface area contributed by atoms with Crippen LogP contribution in [0.25, 0.3) is 176 Å². The Morgan fingerprint density at radius 1 is 0.245 bits per heavy atom. The van der Waals surface area contributed by atoms with Crippen LogP contribution < -0.4 is 0 Å². The lowest BCUT2D eigenvalue weighted by atomic mass is 9.99. The first kappa shape index (κ1) is 52.8. The van der Waals surface area contributed by atoms with Gasteiger partial charge in [0.25, 0.3) is 0 Å². The highest BCUT2D eigenvalue weighted by atomic mass is 16.3. The summed E-state index contributed by atoms with van der Waals surface area (Å²) >= 11 is 0. The third-order valence-corrected chi connectivity index (χ3v) is 19.1. The fourth-order valence-electron chi connectivity index (χ4n) is 15.2. The summed E-state index contributed by atoms with van der Waals surface area (Å²) in [5.41, 5.74) is 21.3. The van der Waals surface area contributed by atoms with Crippen LogP contribution in [-0.2, 0) is 0 Å². The highest BCUT2D eigenvalue weighted by Crippen LogP contribution is 2.47. The van der Waals surface area contributed by atoms with Gasteiger partial charge in [0, 0.05) is 81.8 Å². The predicted octanol–water partition coefficient (Wildman–Crippen LogP) is 22.6. The topological polar surface area (TPSA) is 93.6 Å². The number of aromatic nitrogens is 4. The van der Waals surface area contributed by atoms with Crippen molar-refractivity contribution in [2.24, 2.45) is 0 Å². The first-order chi connectivity index (χ1) is 46.6. The molecule has 6 aromatic heterocycles. The zero-order chi connectivity index (χ0) is 62.1. The van der Waals surface area contributed by atoms with Crippen LogP contribution in [0.1, 0.15) is 11.1 Å². The van der Waals surface area contributed by atoms with Crippen molar-refractivity contribution in [1.82, 2.24) is 18.3 Å². The molecule has 0 aliphatic carbocycles. The van der Waals surface area contributed by atoms with Crippen molar-refractivity contribution < 1.29 is 8.83 Å². The number of hydrogen-bond donors (Lipinski definition) is 0. The molecule has 0 N–H and O–H groups in total. The summed E-state index contributed by atoms with van der Waals surface area (Å²) in [4.78, 5) is 0. The summed E-state index contributed by atoms with van der Waals surface area (Å²) in [7, 11) is 0. The van der Waals surface area contributed by atoms with Crippen LogP contribution in [0.2, 0.25) is 0 Å². The van der Waals surface area contributed by atoms with Gasteiger partial charge >= 0.3 is 0 Å². The van der Waals surface area contributed by atoms with E-state index in [1.165, 1.54) is 21.5 Å². The Kier molecular flexibility index (Phi) is 11.6. The number of hydrogen-bond acceptors (Lipinski definition) is 4. The van der Waals surface area contributed by atoms with Crippen molar-refractivity contribution in [2.75, 3.05) is 0 Å². The van der Waals surface area contributed by atoms with Crippen LogP contribution in [0.15, 0.2) is 312 Å². The van der Waals surface area contributed by atoms with Crippen LogP contribution in [0, 0.1) is 22.7 Å². The van der Waals surface area contributed by atoms with Gasteiger partial charge in [0.1, 0.15) is 34.5 Å². The zero-order valence-electron chi connectivity index (χ0n) is 50.4. The van der Waals surface area contributed by atoms with Gasteiger partial charge in [-0.15, -0.1) is 0 Å². The molecule has 94 heavy (non-hydrogen) atoms. The second-order valence-corrected chi connectivity index (χ2v) is 24.0. The van der Waals surface area contributed by atoms with Crippen LogP contribution in [0.5, 0.6) is 0 Å². The summed E-state index contributed by atoms with van der Waals surface area (Å²) in [6.45, 7) is 0. The molecule has 8 nitrogen and oxygen atoms in total. The average Bonchev–Trinajstić information content (AvgIpc) is 1.56. The molecule has 0 radical (unpaired) electrons. The van der Waals surface area contributed by atoms with Crippen molar-refractivity contribution in [3.05, 3.63) is 314 Å². The Morgan fingerprint density at radius 2 is 0.628 bits per heavy atom. The lowest BCUT2D eigenvalue weighted by molar-refractivity contribution is 0.669. The molecule has 0 amide bonds. The van der Waals surface area contributed by atoms with E-state index in [-0.39, 0.29) is 0 Å².